The maximum atomic E-state index is 12.9. The fourth-order valence-corrected chi connectivity index (χ4v) is 13.2. The summed E-state index contributed by atoms with van der Waals surface area (Å²) in [5, 5.41) is 26.1. The van der Waals surface area contributed by atoms with Crippen LogP contribution >= 0.6 is 0 Å². The normalized spacial score (nSPS) is 45.7. The molecule has 1 heterocycles. The van der Waals surface area contributed by atoms with Gasteiger partial charge in [0.2, 0.25) is 0 Å². The van der Waals surface area contributed by atoms with Crippen LogP contribution in [-0.2, 0) is 28.5 Å². The third kappa shape index (κ3) is 5.46. The maximum Gasteiger partial charge on any atom is 0.408 e. The molecule has 2 spiro atoms. The summed E-state index contributed by atoms with van der Waals surface area (Å²) in [6, 6.07) is 0. The van der Waals surface area contributed by atoms with Gasteiger partial charge in [-0.1, -0.05) is 34.6 Å². The standard InChI is InChI=1S/C39H63NO9/c1-21-18-23(31(35(8,9)45)46-22(2)41)47-29-28(21)36(10)16-17-39-20-38(39)15-14-26(48-27(42)19-40-32(44)49-33(3,4)5)34(6,7)24(38)12-13-25(39)37(36,11)30(29)43/h21,23-26,28-31,43,45H,12-20H2,1-11H3,(H,40,44)/t21-,23?,24+,25?,26?,28?,29?,30+,31?,36?,37-,38?,39?/m1/s1. The number of aliphatic hydroxyl groups excluding tert-OH is 1. The highest BCUT2D eigenvalue weighted by atomic mass is 16.6. The Morgan fingerprint density at radius 1 is 0.959 bits per heavy atom. The molecule has 3 N–H and O–H groups in total. The van der Waals surface area contributed by atoms with E-state index in [1.807, 2.05) is 0 Å². The smallest absolute Gasteiger partial charge is 0.408 e. The van der Waals surface area contributed by atoms with Crippen molar-refractivity contribution in [3.8, 4) is 0 Å². The second-order valence-corrected chi connectivity index (χ2v) is 19.6. The van der Waals surface area contributed by atoms with Crippen molar-refractivity contribution in [2.75, 3.05) is 6.54 Å². The second kappa shape index (κ2) is 11.5. The molecule has 5 saturated carbocycles. The molecule has 5 aliphatic carbocycles. The average Bonchev–Trinajstić information content (AvgIpc) is 3.59. The van der Waals surface area contributed by atoms with Crippen molar-refractivity contribution in [1.82, 2.24) is 5.32 Å². The van der Waals surface area contributed by atoms with Crippen LogP contribution < -0.4 is 5.32 Å². The predicted molar refractivity (Wildman–Crippen MR) is 182 cm³/mol. The summed E-state index contributed by atoms with van der Waals surface area (Å²) in [4.78, 5) is 37.1. The summed E-state index contributed by atoms with van der Waals surface area (Å²) >= 11 is 0. The van der Waals surface area contributed by atoms with E-state index >= 15 is 0 Å². The van der Waals surface area contributed by atoms with E-state index in [9.17, 15) is 24.6 Å². The van der Waals surface area contributed by atoms with Crippen LogP contribution in [0.5, 0.6) is 0 Å². The van der Waals surface area contributed by atoms with Gasteiger partial charge in [0.1, 0.15) is 18.2 Å². The summed E-state index contributed by atoms with van der Waals surface area (Å²) in [5.74, 6) is 0.229. The number of carbonyl (C=O) groups is 3. The molecule has 13 atom stereocenters. The van der Waals surface area contributed by atoms with Gasteiger partial charge < -0.3 is 34.5 Å². The van der Waals surface area contributed by atoms with Crippen LogP contribution in [-0.4, -0.2) is 76.5 Å². The van der Waals surface area contributed by atoms with Gasteiger partial charge in [-0.25, -0.2) is 4.79 Å². The summed E-state index contributed by atoms with van der Waals surface area (Å²) in [6.45, 7) is 21.3. The molecule has 6 rings (SSSR count). The zero-order valence-electron chi connectivity index (χ0n) is 31.8. The summed E-state index contributed by atoms with van der Waals surface area (Å²) in [5.41, 5.74) is -2.35. The molecule has 1 amide bonds. The first kappa shape index (κ1) is 36.9. The highest BCUT2D eigenvalue weighted by Crippen LogP contribution is 2.89. The minimum Gasteiger partial charge on any atom is -0.460 e. The van der Waals surface area contributed by atoms with Gasteiger partial charge in [-0.3, -0.25) is 9.59 Å². The van der Waals surface area contributed by atoms with Crippen LogP contribution in [0.1, 0.15) is 128 Å². The average molecular weight is 690 g/mol. The number of fused-ring (bicyclic) bond motifs is 4. The first-order valence-corrected chi connectivity index (χ1v) is 18.8. The van der Waals surface area contributed by atoms with Crippen LogP contribution in [0.4, 0.5) is 4.79 Å². The lowest BCUT2D eigenvalue weighted by Gasteiger charge is -2.63. The van der Waals surface area contributed by atoms with Gasteiger partial charge in [0, 0.05) is 17.8 Å². The Balaban J connectivity index is 1.20. The monoisotopic (exact) mass is 689 g/mol. The molecule has 1 aliphatic heterocycles. The van der Waals surface area contributed by atoms with Crippen molar-refractivity contribution in [3.63, 3.8) is 0 Å². The van der Waals surface area contributed by atoms with E-state index in [0.717, 1.165) is 44.9 Å². The Labute approximate surface area is 293 Å². The second-order valence-electron chi connectivity index (χ2n) is 19.6. The highest BCUT2D eigenvalue weighted by molar-refractivity contribution is 5.78. The van der Waals surface area contributed by atoms with Gasteiger partial charge in [0.15, 0.2) is 6.10 Å². The lowest BCUT2D eigenvalue weighted by atomic mass is 9.41. The van der Waals surface area contributed by atoms with E-state index in [0.29, 0.717) is 18.3 Å². The zero-order valence-corrected chi connectivity index (χ0v) is 31.8. The molecule has 0 aromatic heterocycles. The summed E-state index contributed by atoms with van der Waals surface area (Å²) in [6.07, 6.45) is 4.52. The molecule has 9 unspecified atom stereocenters. The van der Waals surface area contributed by atoms with E-state index in [2.05, 4.69) is 39.9 Å². The third-order valence-electron chi connectivity index (χ3n) is 15.1. The van der Waals surface area contributed by atoms with Gasteiger partial charge >= 0.3 is 18.0 Å². The molecular weight excluding hydrogens is 626 g/mol. The van der Waals surface area contributed by atoms with Gasteiger partial charge in [-0.05, 0) is 126 Å². The van der Waals surface area contributed by atoms with Gasteiger partial charge in [0.05, 0.1) is 23.9 Å². The maximum absolute atomic E-state index is 12.9. The molecule has 1 saturated heterocycles. The van der Waals surface area contributed by atoms with E-state index in [-0.39, 0.29) is 51.6 Å². The van der Waals surface area contributed by atoms with E-state index in [1.54, 1.807) is 34.6 Å². The number of nitrogens with one attached hydrogen (secondary N) is 1. The fraction of sp³-hybridized carbons (Fsp3) is 0.923. The molecule has 0 radical (unpaired) electrons. The number of ether oxygens (including phenoxy) is 4. The molecule has 49 heavy (non-hydrogen) atoms. The molecule has 6 aliphatic rings. The Morgan fingerprint density at radius 2 is 1.59 bits per heavy atom. The van der Waals surface area contributed by atoms with Gasteiger partial charge in [-0.15, -0.1) is 0 Å². The van der Waals surface area contributed by atoms with Crippen LogP contribution in [0.3, 0.4) is 0 Å². The molecule has 10 nitrogen and oxygen atoms in total. The lowest BCUT2D eigenvalue weighted by Crippen LogP contribution is -2.60. The Bertz CT molecular complexity index is 1350. The number of amides is 1. The van der Waals surface area contributed by atoms with Crippen molar-refractivity contribution in [1.29, 1.82) is 0 Å². The first-order valence-electron chi connectivity index (χ1n) is 18.8. The minimum absolute atomic E-state index is 0.122. The van der Waals surface area contributed by atoms with E-state index in [4.69, 9.17) is 18.9 Å². The van der Waals surface area contributed by atoms with Crippen molar-refractivity contribution >= 4 is 18.0 Å². The Morgan fingerprint density at radius 3 is 2.20 bits per heavy atom. The molecule has 0 aromatic carbocycles. The summed E-state index contributed by atoms with van der Waals surface area (Å²) < 4.78 is 23.8. The SMILES string of the molecule is CC(=O)OC(C1C[C@@H](C)C2C(O1)[C@H](O)[C@@]1(C)C3CC[C@H]4C(C)(C)C(OC(=O)CNC(=O)OC(C)(C)C)CCC45CC35CCC21C)C(C)(C)O. The quantitative estimate of drug-likeness (QED) is 0.228. The molecule has 0 aromatic rings. The first-order chi connectivity index (χ1) is 22.4. The number of aliphatic hydroxyl groups is 2. The van der Waals surface area contributed by atoms with Crippen molar-refractivity contribution in [2.24, 2.45) is 50.7 Å². The molecule has 6 fully saturated rings. The van der Waals surface area contributed by atoms with Crippen LogP contribution in [0.2, 0.25) is 0 Å². The number of hydrogen-bond acceptors (Lipinski definition) is 9. The van der Waals surface area contributed by atoms with Crippen LogP contribution in [0, 0.1) is 50.7 Å². The lowest BCUT2D eigenvalue weighted by molar-refractivity contribution is -0.216. The Hall–Kier alpha value is -1.91. The largest absolute Gasteiger partial charge is 0.460 e. The number of hydrogen-bond donors (Lipinski definition) is 3. The number of esters is 2. The minimum atomic E-state index is -1.29. The number of carbonyl (C=O) groups excluding carboxylic acids is 3. The third-order valence-corrected chi connectivity index (χ3v) is 15.1. The van der Waals surface area contributed by atoms with Crippen molar-refractivity contribution in [3.05, 3.63) is 0 Å². The number of rotatable bonds is 6. The molecule has 0 bridgehead atoms. The van der Waals surface area contributed by atoms with Gasteiger partial charge in [0.25, 0.3) is 0 Å². The van der Waals surface area contributed by atoms with Gasteiger partial charge in [-0.2, -0.15) is 0 Å². The van der Waals surface area contributed by atoms with Crippen molar-refractivity contribution < 1.29 is 43.5 Å². The van der Waals surface area contributed by atoms with Crippen LogP contribution in [0.15, 0.2) is 0 Å². The zero-order chi connectivity index (χ0) is 36.3. The number of alkyl carbamates (subject to hydrolysis) is 1. The van der Waals surface area contributed by atoms with E-state index < -0.39 is 53.6 Å². The molecular formula is C39H63NO9. The Kier molecular flexibility index (Phi) is 8.69. The van der Waals surface area contributed by atoms with Crippen LogP contribution in [0.25, 0.3) is 0 Å². The van der Waals surface area contributed by atoms with Crippen molar-refractivity contribution in [2.45, 2.75) is 169 Å². The van der Waals surface area contributed by atoms with E-state index in [1.165, 1.54) is 6.92 Å². The topological polar surface area (TPSA) is 141 Å². The fourth-order valence-electron chi connectivity index (χ4n) is 13.2. The summed E-state index contributed by atoms with van der Waals surface area (Å²) in [7, 11) is 0. The molecule has 10 heteroatoms. The predicted octanol–water partition coefficient (Wildman–Crippen LogP) is 5.94. The molecule has 278 valence electrons. The highest BCUT2D eigenvalue weighted by Gasteiger charge is 2.84.